The summed E-state index contributed by atoms with van der Waals surface area (Å²) in [5.41, 5.74) is 7.44. The fourth-order valence-corrected chi connectivity index (χ4v) is 1.61. The van der Waals surface area contributed by atoms with Gasteiger partial charge in [-0.15, -0.1) is 10.2 Å². The molecule has 0 spiro atoms. The van der Waals surface area contributed by atoms with Gasteiger partial charge in [0.25, 0.3) is 0 Å². The van der Waals surface area contributed by atoms with Crippen molar-refractivity contribution in [1.29, 1.82) is 0 Å². The van der Waals surface area contributed by atoms with E-state index in [1.807, 2.05) is 16.7 Å². The lowest BCUT2D eigenvalue weighted by atomic mass is 10.2. The third-order valence-corrected chi connectivity index (χ3v) is 2.36. The van der Waals surface area contributed by atoms with Crippen LogP contribution in [0.4, 0.5) is 0 Å². The smallest absolute Gasteiger partial charge is 0.163 e. The molecule has 16 heavy (non-hydrogen) atoms. The highest BCUT2D eigenvalue weighted by Crippen LogP contribution is 2.16. The summed E-state index contributed by atoms with van der Waals surface area (Å²) in [6.45, 7) is 3.49. The summed E-state index contributed by atoms with van der Waals surface area (Å²) in [5, 5.41) is 8.06. The number of aromatic nitrogens is 4. The molecule has 2 N–H and O–H groups in total. The first-order valence-electron chi connectivity index (χ1n) is 5.38. The molecule has 0 aromatic carbocycles. The number of nitrogens with two attached hydrogens (primary N) is 1. The monoisotopic (exact) mass is 217 g/mol. The van der Waals surface area contributed by atoms with Crippen molar-refractivity contribution in [3.8, 4) is 11.4 Å². The summed E-state index contributed by atoms with van der Waals surface area (Å²) in [7, 11) is 0. The average molecular weight is 217 g/mol. The van der Waals surface area contributed by atoms with Crippen LogP contribution in [0.2, 0.25) is 0 Å². The molecule has 5 heteroatoms. The molecule has 0 fully saturated rings. The molecule has 0 aliphatic heterocycles. The van der Waals surface area contributed by atoms with Crippen molar-refractivity contribution < 1.29 is 0 Å². The Morgan fingerprint density at radius 2 is 2.31 bits per heavy atom. The standard InChI is InChI=1S/C11H15N5/c1-2-5-16-8-14-15-11(16)9-3-4-13-10(6-9)7-12/h3-4,6,8H,2,5,7,12H2,1H3. The van der Waals surface area contributed by atoms with Gasteiger partial charge in [0, 0.05) is 24.8 Å². The molecule has 0 amide bonds. The van der Waals surface area contributed by atoms with Gasteiger partial charge in [-0.2, -0.15) is 0 Å². The second-order valence-electron chi connectivity index (χ2n) is 3.59. The van der Waals surface area contributed by atoms with Crippen LogP contribution in [-0.2, 0) is 13.1 Å². The first-order chi connectivity index (χ1) is 7.85. The van der Waals surface area contributed by atoms with Crippen molar-refractivity contribution in [2.24, 2.45) is 5.73 Å². The molecule has 2 heterocycles. The van der Waals surface area contributed by atoms with Crippen molar-refractivity contribution in [2.45, 2.75) is 26.4 Å². The Bertz CT molecular complexity index is 463. The van der Waals surface area contributed by atoms with Crippen LogP contribution in [0.5, 0.6) is 0 Å². The van der Waals surface area contributed by atoms with E-state index in [1.54, 1.807) is 12.5 Å². The minimum Gasteiger partial charge on any atom is -0.325 e. The van der Waals surface area contributed by atoms with Crippen molar-refractivity contribution in [2.75, 3.05) is 0 Å². The zero-order valence-corrected chi connectivity index (χ0v) is 9.30. The lowest BCUT2D eigenvalue weighted by molar-refractivity contribution is 0.682. The highest BCUT2D eigenvalue weighted by Gasteiger charge is 2.07. The normalized spacial score (nSPS) is 10.6. The quantitative estimate of drug-likeness (QED) is 0.835. The molecule has 0 aliphatic carbocycles. The van der Waals surface area contributed by atoms with Gasteiger partial charge in [-0.3, -0.25) is 4.98 Å². The minimum atomic E-state index is 0.440. The molecule has 0 saturated carbocycles. The molecular formula is C11H15N5. The number of pyridine rings is 1. The lowest BCUT2D eigenvalue weighted by Crippen LogP contribution is -2.02. The molecule has 0 unspecified atom stereocenters. The van der Waals surface area contributed by atoms with Gasteiger partial charge in [0.05, 0.1) is 5.69 Å². The molecule has 5 nitrogen and oxygen atoms in total. The van der Waals surface area contributed by atoms with Gasteiger partial charge in [0.2, 0.25) is 0 Å². The largest absolute Gasteiger partial charge is 0.325 e. The molecule has 2 aromatic heterocycles. The molecule has 84 valence electrons. The van der Waals surface area contributed by atoms with Gasteiger partial charge >= 0.3 is 0 Å². The van der Waals surface area contributed by atoms with E-state index in [0.717, 1.165) is 30.0 Å². The summed E-state index contributed by atoms with van der Waals surface area (Å²) in [5.74, 6) is 0.874. The Balaban J connectivity index is 2.37. The van der Waals surface area contributed by atoms with E-state index < -0.39 is 0 Å². The molecule has 2 rings (SSSR count). The van der Waals surface area contributed by atoms with Gasteiger partial charge in [0.15, 0.2) is 5.82 Å². The number of rotatable bonds is 4. The fraction of sp³-hybridized carbons (Fsp3) is 0.364. The summed E-state index contributed by atoms with van der Waals surface area (Å²) < 4.78 is 2.04. The topological polar surface area (TPSA) is 69.6 Å². The predicted molar refractivity (Wildman–Crippen MR) is 61.4 cm³/mol. The Labute approximate surface area is 94.3 Å². The average Bonchev–Trinajstić information content (AvgIpc) is 2.78. The van der Waals surface area contributed by atoms with Gasteiger partial charge in [0.1, 0.15) is 6.33 Å². The van der Waals surface area contributed by atoms with Gasteiger partial charge in [-0.25, -0.2) is 0 Å². The summed E-state index contributed by atoms with van der Waals surface area (Å²) in [6, 6.07) is 3.88. The Morgan fingerprint density at radius 3 is 3.06 bits per heavy atom. The van der Waals surface area contributed by atoms with Crippen LogP contribution in [0.1, 0.15) is 19.0 Å². The highest BCUT2D eigenvalue weighted by molar-refractivity contribution is 5.54. The maximum Gasteiger partial charge on any atom is 0.163 e. The molecular weight excluding hydrogens is 202 g/mol. The SMILES string of the molecule is CCCn1cnnc1-c1ccnc(CN)c1. The van der Waals surface area contributed by atoms with Crippen LogP contribution < -0.4 is 5.73 Å². The fourth-order valence-electron chi connectivity index (χ4n) is 1.61. The molecule has 0 aliphatic rings. The first kappa shape index (κ1) is 10.8. The van der Waals surface area contributed by atoms with Crippen molar-refractivity contribution >= 4 is 0 Å². The van der Waals surface area contributed by atoms with E-state index >= 15 is 0 Å². The summed E-state index contributed by atoms with van der Waals surface area (Å²) in [4.78, 5) is 4.16. The van der Waals surface area contributed by atoms with E-state index in [1.165, 1.54) is 0 Å². The zero-order valence-electron chi connectivity index (χ0n) is 9.30. The van der Waals surface area contributed by atoms with E-state index in [2.05, 4.69) is 22.1 Å². The highest BCUT2D eigenvalue weighted by atomic mass is 15.3. The van der Waals surface area contributed by atoms with Crippen LogP contribution >= 0.6 is 0 Å². The van der Waals surface area contributed by atoms with Crippen LogP contribution in [-0.4, -0.2) is 19.7 Å². The number of hydrogen-bond acceptors (Lipinski definition) is 4. The third-order valence-electron chi connectivity index (χ3n) is 2.36. The van der Waals surface area contributed by atoms with E-state index in [0.29, 0.717) is 6.54 Å². The van der Waals surface area contributed by atoms with Crippen LogP contribution in [0.15, 0.2) is 24.7 Å². The van der Waals surface area contributed by atoms with Gasteiger partial charge < -0.3 is 10.3 Å². The molecule has 0 atom stereocenters. The van der Waals surface area contributed by atoms with Crippen LogP contribution in [0, 0.1) is 0 Å². The Morgan fingerprint density at radius 1 is 1.44 bits per heavy atom. The second-order valence-corrected chi connectivity index (χ2v) is 3.59. The van der Waals surface area contributed by atoms with Gasteiger partial charge in [-0.05, 0) is 18.6 Å². The molecule has 0 saturated heterocycles. The maximum absolute atomic E-state index is 5.56. The predicted octanol–water partition coefficient (Wildman–Crippen LogP) is 1.21. The van der Waals surface area contributed by atoms with Crippen molar-refractivity contribution in [3.05, 3.63) is 30.4 Å². The molecule has 0 radical (unpaired) electrons. The zero-order chi connectivity index (χ0) is 11.4. The van der Waals surface area contributed by atoms with Crippen molar-refractivity contribution in [3.63, 3.8) is 0 Å². The first-order valence-corrected chi connectivity index (χ1v) is 5.38. The molecule has 0 bridgehead atoms. The van der Waals surface area contributed by atoms with Crippen LogP contribution in [0.25, 0.3) is 11.4 Å². The lowest BCUT2D eigenvalue weighted by Gasteiger charge is -2.05. The van der Waals surface area contributed by atoms with E-state index in [4.69, 9.17) is 5.73 Å². The van der Waals surface area contributed by atoms with E-state index in [-0.39, 0.29) is 0 Å². The Hall–Kier alpha value is -1.75. The third kappa shape index (κ3) is 2.09. The van der Waals surface area contributed by atoms with Gasteiger partial charge in [-0.1, -0.05) is 6.92 Å². The maximum atomic E-state index is 5.56. The van der Waals surface area contributed by atoms with Crippen LogP contribution in [0.3, 0.4) is 0 Å². The summed E-state index contributed by atoms with van der Waals surface area (Å²) >= 11 is 0. The Kier molecular flexibility index (Phi) is 3.26. The second kappa shape index (κ2) is 4.85. The minimum absolute atomic E-state index is 0.440. The number of aryl methyl sites for hydroxylation is 1. The van der Waals surface area contributed by atoms with E-state index in [9.17, 15) is 0 Å². The van der Waals surface area contributed by atoms with Crippen molar-refractivity contribution in [1.82, 2.24) is 19.7 Å². The number of nitrogens with zero attached hydrogens (tertiary/aromatic N) is 4. The number of hydrogen-bond donors (Lipinski definition) is 1. The molecule has 2 aromatic rings. The summed E-state index contributed by atoms with van der Waals surface area (Å²) in [6.07, 6.45) is 4.56.